The van der Waals surface area contributed by atoms with E-state index in [1.54, 1.807) is 12.3 Å². The molecule has 2 rings (SSSR count). The van der Waals surface area contributed by atoms with Gasteiger partial charge in [0.05, 0.1) is 0 Å². The molecule has 0 bridgehead atoms. The van der Waals surface area contributed by atoms with Gasteiger partial charge >= 0.3 is 0 Å². The van der Waals surface area contributed by atoms with E-state index in [2.05, 4.69) is 18.8 Å². The highest BCUT2D eigenvalue weighted by atomic mass is 19.1. The molecule has 0 amide bonds. The van der Waals surface area contributed by atoms with Gasteiger partial charge < -0.3 is 4.57 Å². The van der Waals surface area contributed by atoms with Crippen molar-refractivity contribution in [3.63, 3.8) is 0 Å². The molecule has 0 aliphatic carbocycles. The lowest BCUT2D eigenvalue weighted by molar-refractivity contribution is 0.604. The first-order valence-electron chi connectivity index (χ1n) is 4.97. The predicted octanol–water partition coefficient (Wildman–Crippen LogP) is 3.27. The van der Waals surface area contributed by atoms with Gasteiger partial charge in [-0.1, -0.05) is 12.1 Å². The van der Waals surface area contributed by atoms with E-state index in [0.717, 1.165) is 11.4 Å². The fourth-order valence-electron chi connectivity index (χ4n) is 1.58. The molecule has 0 saturated heterocycles. The van der Waals surface area contributed by atoms with Gasteiger partial charge in [-0.15, -0.1) is 0 Å². The van der Waals surface area contributed by atoms with Crippen LogP contribution in [0.2, 0.25) is 0 Å². The van der Waals surface area contributed by atoms with Crippen molar-refractivity contribution < 1.29 is 4.39 Å². The van der Waals surface area contributed by atoms with Crippen LogP contribution in [0, 0.1) is 5.82 Å². The van der Waals surface area contributed by atoms with Gasteiger partial charge in [-0.25, -0.2) is 9.37 Å². The molecule has 0 unspecified atom stereocenters. The maximum absolute atomic E-state index is 13.1. The Morgan fingerprint density at radius 3 is 2.80 bits per heavy atom. The number of rotatable bonds is 2. The minimum atomic E-state index is -0.231. The van der Waals surface area contributed by atoms with E-state index >= 15 is 0 Å². The number of benzene rings is 1. The summed E-state index contributed by atoms with van der Waals surface area (Å²) in [5.41, 5.74) is 0.814. The van der Waals surface area contributed by atoms with E-state index in [-0.39, 0.29) is 5.82 Å². The Hall–Kier alpha value is -1.64. The minimum absolute atomic E-state index is 0.231. The molecule has 15 heavy (non-hydrogen) atoms. The summed E-state index contributed by atoms with van der Waals surface area (Å²) in [5.74, 6) is 0.579. The highest BCUT2D eigenvalue weighted by molar-refractivity contribution is 5.55. The molecule has 2 aromatic rings. The number of aromatic nitrogens is 2. The number of hydrogen-bond donors (Lipinski definition) is 0. The van der Waals surface area contributed by atoms with Gasteiger partial charge in [0, 0.05) is 24.0 Å². The van der Waals surface area contributed by atoms with Gasteiger partial charge in [-0.05, 0) is 26.0 Å². The van der Waals surface area contributed by atoms with Crippen molar-refractivity contribution in [3.05, 3.63) is 42.5 Å². The lowest BCUT2D eigenvalue weighted by Crippen LogP contribution is -2.01. The fraction of sp³-hybridized carbons (Fsp3) is 0.250. The quantitative estimate of drug-likeness (QED) is 0.734. The Morgan fingerprint density at radius 1 is 1.33 bits per heavy atom. The molecule has 0 atom stereocenters. The van der Waals surface area contributed by atoms with Crippen LogP contribution in [-0.4, -0.2) is 9.55 Å². The van der Waals surface area contributed by atoms with Crippen LogP contribution in [0.5, 0.6) is 0 Å². The summed E-state index contributed by atoms with van der Waals surface area (Å²) >= 11 is 0. The predicted molar refractivity (Wildman–Crippen MR) is 58.0 cm³/mol. The molecule has 0 N–H and O–H groups in total. The van der Waals surface area contributed by atoms with E-state index in [1.165, 1.54) is 12.1 Å². The summed E-state index contributed by atoms with van der Waals surface area (Å²) in [7, 11) is 0. The Morgan fingerprint density at radius 2 is 2.13 bits per heavy atom. The molecule has 1 aromatic carbocycles. The number of hydrogen-bond acceptors (Lipinski definition) is 1. The van der Waals surface area contributed by atoms with E-state index < -0.39 is 0 Å². The number of imidazole rings is 1. The average molecular weight is 204 g/mol. The van der Waals surface area contributed by atoms with Crippen LogP contribution in [0.1, 0.15) is 19.9 Å². The monoisotopic (exact) mass is 204 g/mol. The molecule has 0 spiro atoms. The lowest BCUT2D eigenvalue weighted by Gasteiger charge is -2.11. The topological polar surface area (TPSA) is 17.8 Å². The van der Waals surface area contributed by atoms with E-state index in [4.69, 9.17) is 0 Å². The molecule has 2 nitrogen and oxygen atoms in total. The van der Waals surface area contributed by atoms with Crippen LogP contribution in [0.25, 0.3) is 11.4 Å². The third kappa shape index (κ3) is 1.91. The Kier molecular flexibility index (Phi) is 2.54. The minimum Gasteiger partial charge on any atom is -0.328 e. The van der Waals surface area contributed by atoms with Crippen molar-refractivity contribution in [1.29, 1.82) is 0 Å². The van der Waals surface area contributed by atoms with Gasteiger partial charge in [-0.3, -0.25) is 0 Å². The largest absolute Gasteiger partial charge is 0.328 e. The normalized spacial score (nSPS) is 10.9. The Labute approximate surface area is 88.4 Å². The van der Waals surface area contributed by atoms with Crippen molar-refractivity contribution in [2.75, 3.05) is 0 Å². The van der Waals surface area contributed by atoms with Gasteiger partial charge in [0.2, 0.25) is 0 Å². The summed E-state index contributed by atoms with van der Waals surface area (Å²) in [6.07, 6.45) is 3.64. The smallest absolute Gasteiger partial charge is 0.140 e. The lowest BCUT2D eigenvalue weighted by atomic mass is 10.2. The molecule has 0 fully saturated rings. The summed E-state index contributed by atoms with van der Waals surface area (Å²) in [5, 5.41) is 0. The number of nitrogens with zero attached hydrogens (tertiary/aromatic N) is 2. The summed E-state index contributed by atoms with van der Waals surface area (Å²) < 4.78 is 15.1. The molecular weight excluding hydrogens is 191 g/mol. The van der Waals surface area contributed by atoms with Crippen molar-refractivity contribution in [3.8, 4) is 11.4 Å². The van der Waals surface area contributed by atoms with Crippen LogP contribution in [0.3, 0.4) is 0 Å². The summed E-state index contributed by atoms with van der Waals surface area (Å²) in [6.45, 7) is 4.15. The van der Waals surface area contributed by atoms with Crippen LogP contribution < -0.4 is 0 Å². The van der Waals surface area contributed by atoms with E-state index in [1.807, 2.05) is 16.8 Å². The van der Waals surface area contributed by atoms with Crippen molar-refractivity contribution >= 4 is 0 Å². The van der Waals surface area contributed by atoms with Crippen LogP contribution >= 0.6 is 0 Å². The maximum Gasteiger partial charge on any atom is 0.140 e. The second-order valence-corrected chi connectivity index (χ2v) is 3.76. The van der Waals surface area contributed by atoms with Gasteiger partial charge in [0.25, 0.3) is 0 Å². The Bertz CT molecular complexity index is 460. The van der Waals surface area contributed by atoms with Gasteiger partial charge in [0.15, 0.2) is 0 Å². The zero-order chi connectivity index (χ0) is 10.8. The first-order chi connectivity index (χ1) is 7.18. The second kappa shape index (κ2) is 3.85. The molecule has 1 aromatic heterocycles. The molecule has 0 aliphatic rings. The highest BCUT2D eigenvalue weighted by Crippen LogP contribution is 2.21. The van der Waals surface area contributed by atoms with Gasteiger partial charge in [0.1, 0.15) is 11.6 Å². The molecule has 1 heterocycles. The van der Waals surface area contributed by atoms with E-state index in [9.17, 15) is 4.39 Å². The van der Waals surface area contributed by atoms with Crippen molar-refractivity contribution in [2.24, 2.45) is 0 Å². The molecular formula is C12H13FN2. The summed E-state index contributed by atoms with van der Waals surface area (Å²) in [4.78, 5) is 4.25. The van der Waals surface area contributed by atoms with Gasteiger partial charge in [-0.2, -0.15) is 0 Å². The van der Waals surface area contributed by atoms with Crippen molar-refractivity contribution in [1.82, 2.24) is 9.55 Å². The highest BCUT2D eigenvalue weighted by Gasteiger charge is 2.08. The molecule has 78 valence electrons. The first-order valence-corrected chi connectivity index (χ1v) is 4.97. The third-order valence-electron chi connectivity index (χ3n) is 2.31. The standard InChI is InChI=1S/C12H13FN2/c1-9(2)15-7-6-14-12(15)10-4-3-5-11(13)8-10/h3-9H,1-2H3. The zero-order valence-corrected chi connectivity index (χ0v) is 8.81. The molecule has 0 saturated carbocycles. The van der Waals surface area contributed by atoms with Crippen LogP contribution in [0.4, 0.5) is 4.39 Å². The third-order valence-corrected chi connectivity index (χ3v) is 2.31. The molecule has 0 radical (unpaired) electrons. The summed E-state index contributed by atoms with van der Waals surface area (Å²) in [6, 6.07) is 6.83. The zero-order valence-electron chi connectivity index (χ0n) is 8.81. The van der Waals surface area contributed by atoms with Crippen LogP contribution in [-0.2, 0) is 0 Å². The van der Waals surface area contributed by atoms with E-state index in [0.29, 0.717) is 6.04 Å². The maximum atomic E-state index is 13.1. The Balaban J connectivity index is 2.49. The SMILES string of the molecule is CC(C)n1ccnc1-c1cccc(F)c1. The fourth-order valence-corrected chi connectivity index (χ4v) is 1.58. The number of halogens is 1. The van der Waals surface area contributed by atoms with Crippen LogP contribution in [0.15, 0.2) is 36.7 Å². The molecule has 0 aliphatic heterocycles. The van der Waals surface area contributed by atoms with Crippen molar-refractivity contribution in [2.45, 2.75) is 19.9 Å². The first kappa shape index (κ1) is 9.90. The average Bonchev–Trinajstić information content (AvgIpc) is 2.65. The second-order valence-electron chi connectivity index (χ2n) is 3.76. The molecule has 3 heteroatoms.